The maximum absolute atomic E-state index is 11.4. The van der Waals surface area contributed by atoms with Crippen LogP contribution in [0.5, 0.6) is 0 Å². The van der Waals surface area contributed by atoms with E-state index in [1.807, 2.05) is 0 Å². The second-order valence-electron chi connectivity index (χ2n) is 3.14. The first kappa shape index (κ1) is 10.8. The fourth-order valence-corrected chi connectivity index (χ4v) is 1.48. The Hall–Kier alpha value is -1.68. The van der Waals surface area contributed by atoms with Crippen LogP contribution in [0.3, 0.4) is 0 Å². The largest absolute Gasteiger partial charge is 0.462 e. The summed E-state index contributed by atoms with van der Waals surface area (Å²) in [7, 11) is 0. The number of pyridine rings is 2. The molecule has 0 aliphatic carbocycles. The summed E-state index contributed by atoms with van der Waals surface area (Å²) in [6.07, 6.45) is 3.05. The van der Waals surface area contributed by atoms with Crippen LogP contribution in [0, 0.1) is 0 Å². The van der Waals surface area contributed by atoms with Gasteiger partial charge in [-0.15, -0.1) is 0 Å². The predicted octanol–water partition coefficient (Wildman–Crippen LogP) is 2.46. The molecule has 5 heteroatoms. The molecule has 0 radical (unpaired) electrons. The molecule has 0 amide bonds. The number of fused-ring (bicyclic) bond motifs is 1. The minimum absolute atomic E-state index is 0.343. The van der Waals surface area contributed by atoms with Crippen molar-refractivity contribution >= 4 is 28.5 Å². The highest BCUT2D eigenvalue weighted by Gasteiger charge is 2.08. The highest BCUT2D eigenvalue weighted by Crippen LogP contribution is 2.16. The molecule has 0 unspecified atom stereocenters. The van der Waals surface area contributed by atoms with Gasteiger partial charge in [0.2, 0.25) is 0 Å². The molecule has 2 rings (SSSR count). The summed E-state index contributed by atoms with van der Waals surface area (Å²) in [6.45, 7) is 2.10. The minimum atomic E-state index is -0.383. The van der Waals surface area contributed by atoms with Crippen molar-refractivity contribution < 1.29 is 9.53 Å². The van der Waals surface area contributed by atoms with Crippen LogP contribution in [-0.4, -0.2) is 22.5 Å². The van der Waals surface area contributed by atoms with Gasteiger partial charge in [0.25, 0.3) is 0 Å². The number of esters is 1. The lowest BCUT2D eigenvalue weighted by atomic mass is 10.2. The van der Waals surface area contributed by atoms with E-state index in [9.17, 15) is 4.79 Å². The van der Waals surface area contributed by atoms with Gasteiger partial charge in [-0.25, -0.2) is 9.78 Å². The molecule has 4 nitrogen and oxygen atoms in total. The Kier molecular flexibility index (Phi) is 3.01. The van der Waals surface area contributed by atoms with Gasteiger partial charge in [-0.1, -0.05) is 11.6 Å². The van der Waals surface area contributed by atoms with E-state index >= 15 is 0 Å². The number of nitrogens with zero attached hydrogens (tertiary/aromatic N) is 2. The summed E-state index contributed by atoms with van der Waals surface area (Å²) in [4.78, 5) is 19.5. The van der Waals surface area contributed by atoms with Crippen LogP contribution in [0.15, 0.2) is 24.5 Å². The molecule has 0 fully saturated rings. The third kappa shape index (κ3) is 2.12. The summed E-state index contributed by atoms with van der Waals surface area (Å²) in [5.41, 5.74) is 1.12. The number of aromatic nitrogens is 2. The number of carbonyl (C=O) groups is 1. The lowest BCUT2D eigenvalue weighted by Crippen LogP contribution is -2.04. The van der Waals surface area contributed by atoms with E-state index in [1.54, 1.807) is 25.3 Å². The monoisotopic (exact) mass is 236 g/mol. The smallest absolute Gasteiger partial charge is 0.339 e. The zero-order valence-electron chi connectivity index (χ0n) is 8.61. The van der Waals surface area contributed by atoms with Crippen molar-refractivity contribution in [3.05, 3.63) is 35.2 Å². The third-order valence-electron chi connectivity index (χ3n) is 2.04. The summed E-state index contributed by atoms with van der Waals surface area (Å²) in [5, 5.41) is 1.14. The second-order valence-corrected chi connectivity index (χ2v) is 3.53. The Bertz CT molecular complexity index is 542. The number of halogens is 1. The molecule has 0 N–H and O–H groups in total. The number of hydrogen-bond donors (Lipinski definition) is 0. The Morgan fingerprint density at radius 2 is 2.19 bits per heavy atom. The summed E-state index contributed by atoms with van der Waals surface area (Å²) in [5.74, 6) is -0.383. The molecule has 0 atom stereocenters. The molecule has 0 aliphatic heterocycles. The van der Waals surface area contributed by atoms with Crippen LogP contribution < -0.4 is 0 Å². The molecule has 0 spiro atoms. The first-order chi connectivity index (χ1) is 7.70. The Morgan fingerprint density at radius 3 is 2.94 bits per heavy atom. The summed E-state index contributed by atoms with van der Waals surface area (Å²) < 4.78 is 4.88. The number of carbonyl (C=O) groups excluding carboxylic acids is 1. The van der Waals surface area contributed by atoms with Crippen LogP contribution in [0.2, 0.25) is 5.15 Å². The summed E-state index contributed by atoms with van der Waals surface area (Å²) >= 11 is 5.73. The molecule has 0 bridgehead atoms. The first-order valence-electron chi connectivity index (χ1n) is 4.79. The Labute approximate surface area is 97.2 Å². The zero-order chi connectivity index (χ0) is 11.5. The normalized spacial score (nSPS) is 10.4. The fraction of sp³-hybridized carbons (Fsp3) is 0.182. The average Bonchev–Trinajstić information content (AvgIpc) is 2.28. The minimum Gasteiger partial charge on any atom is -0.462 e. The van der Waals surface area contributed by atoms with Gasteiger partial charge in [0.1, 0.15) is 5.15 Å². The van der Waals surface area contributed by atoms with E-state index in [0.717, 1.165) is 5.39 Å². The summed E-state index contributed by atoms with van der Waals surface area (Å²) in [6, 6.07) is 3.33. The average molecular weight is 237 g/mol. The van der Waals surface area contributed by atoms with Crippen molar-refractivity contribution in [1.82, 2.24) is 9.97 Å². The molecule has 82 valence electrons. The van der Waals surface area contributed by atoms with Gasteiger partial charge in [0.05, 0.1) is 17.7 Å². The van der Waals surface area contributed by atoms with Gasteiger partial charge in [-0.3, -0.25) is 4.98 Å². The van der Waals surface area contributed by atoms with Gasteiger partial charge in [-0.05, 0) is 13.0 Å². The van der Waals surface area contributed by atoms with Crippen molar-refractivity contribution in [3.63, 3.8) is 0 Å². The van der Waals surface area contributed by atoms with Gasteiger partial charge in [0.15, 0.2) is 0 Å². The standard InChI is InChI=1S/C11H9ClN2O2/c1-2-16-11(15)8-3-7-5-14-10(12)4-9(7)13-6-8/h3-6H,2H2,1H3. The Morgan fingerprint density at radius 1 is 1.38 bits per heavy atom. The van der Waals surface area contributed by atoms with Crippen molar-refractivity contribution in [2.75, 3.05) is 6.61 Å². The second kappa shape index (κ2) is 4.45. The third-order valence-corrected chi connectivity index (χ3v) is 2.25. The molecule has 2 aromatic heterocycles. The SMILES string of the molecule is CCOC(=O)c1cnc2cc(Cl)ncc2c1. The first-order valence-corrected chi connectivity index (χ1v) is 5.17. The molecular formula is C11H9ClN2O2. The van der Waals surface area contributed by atoms with Crippen molar-refractivity contribution in [1.29, 1.82) is 0 Å². The number of rotatable bonds is 2. The van der Waals surface area contributed by atoms with Crippen molar-refractivity contribution in [2.24, 2.45) is 0 Å². The van der Waals surface area contributed by atoms with Gasteiger partial charge < -0.3 is 4.74 Å². The lowest BCUT2D eigenvalue weighted by Gasteiger charge is -2.02. The molecule has 2 aromatic rings. The zero-order valence-corrected chi connectivity index (χ0v) is 9.36. The highest BCUT2D eigenvalue weighted by atomic mass is 35.5. The van der Waals surface area contributed by atoms with Crippen LogP contribution in [-0.2, 0) is 4.74 Å². The number of ether oxygens (including phenoxy) is 1. The van der Waals surface area contributed by atoms with E-state index in [-0.39, 0.29) is 5.97 Å². The van der Waals surface area contributed by atoms with Crippen LogP contribution in [0.4, 0.5) is 0 Å². The molecular weight excluding hydrogens is 228 g/mol. The van der Waals surface area contributed by atoms with Gasteiger partial charge in [0, 0.05) is 23.8 Å². The molecule has 0 saturated heterocycles. The van der Waals surface area contributed by atoms with E-state index in [1.165, 1.54) is 6.20 Å². The Balaban J connectivity index is 2.44. The van der Waals surface area contributed by atoms with Crippen LogP contribution in [0.25, 0.3) is 10.9 Å². The van der Waals surface area contributed by atoms with Crippen molar-refractivity contribution in [2.45, 2.75) is 6.92 Å². The predicted molar refractivity (Wildman–Crippen MR) is 60.5 cm³/mol. The van der Waals surface area contributed by atoms with Gasteiger partial charge in [-0.2, -0.15) is 0 Å². The van der Waals surface area contributed by atoms with E-state index in [2.05, 4.69) is 9.97 Å². The lowest BCUT2D eigenvalue weighted by molar-refractivity contribution is 0.0526. The van der Waals surface area contributed by atoms with Crippen LogP contribution >= 0.6 is 11.6 Å². The van der Waals surface area contributed by atoms with Crippen LogP contribution in [0.1, 0.15) is 17.3 Å². The quantitative estimate of drug-likeness (QED) is 0.594. The maximum Gasteiger partial charge on any atom is 0.339 e. The number of hydrogen-bond acceptors (Lipinski definition) is 4. The molecule has 0 aliphatic rings. The molecule has 0 saturated carbocycles. The topological polar surface area (TPSA) is 52.1 Å². The molecule has 2 heterocycles. The van der Waals surface area contributed by atoms with Crippen molar-refractivity contribution in [3.8, 4) is 0 Å². The fourth-order valence-electron chi connectivity index (χ4n) is 1.32. The van der Waals surface area contributed by atoms with Gasteiger partial charge >= 0.3 is 5.97 Å². The highest BCUT2D eigenvalue weighted by molar-refractivity contribution is 6.30. The van der Waals surface area contributed by atoms with E-state index in [0.29, 0.717) is 22.8 Å². The van der Waals surface area contributed by atoms with E-state index in [4.69, 9.17) is 16.3 Å². The molecule has 16 heavy (non-hydrogen) atoms. The van der Waals surface area contributed by atoms with E-state index < -0.39 is 0 Å². The maximum atomic E-state index is 11.4. The molecule has 0 aromatic carbocycles.